The first-order valence-corrected chi connectivity index (χ1v) is 10.1. The Morgan fingerprint density at radius 3 is 2.09 bits per heavy atom. The van der Waals surface area contributed by atoms with E-state index in [0.717, 1.165) is 19.8 Å². The quantitative estimate of drug-likeness (QED) is 0.376. The molecule has 2 aromatic carbocycles. The first kappa shape index (κ1) is 24.7. The molecule has 0 unspecified atom stereocenters. The van der Waals surface area contributed by atoms with Gasteiger partial charge in [-0.15, -0.1) is 0 Å². The topological polar surface area (TPSA) is 100 Å². The predicted octanol–water partition coefficient (Wildman–Crippen LogP) is 3.79. The molecule has 0 aromatic heterocycles. The molecule has 0 aliphatic heterocycles. The summed E-state index contributed by atoms with van der Waals surface area (Å²) < 4.78 is 20.7. The van der Waals surface area contributed by atoms with Crippen LogP contribution in [0.4, 0.5) is 4.79 Å². The van der Waals surface area contributed by atoms with Crippen LogP contribution in [0.1, 0.15) is 37.9 Å². The number of nitrogens with one attached hydrogen (secondary N) is 1. The van der Waals surface area contributed by atoms with E-state index in [1.165, 1.54) is 0 Å². The Kier molecular flexibility index (Phi) is 8.63. The maximum absolute atomic E-state index is 12.5. The second-order valence-corrected chi connectivity index (χ2v) is 7.99. The summed E-state index contributed by atoms with van der Waals surface area (Å²) in [5.41, 5.74) is 0.645. The van der Waals surface area contributed by atoms with Crippen LogP contribution in [-0.2, 0) is 30.4 Å². The minimum atomic E-state index is -1.44. The average Bonchev–Trinajstić information content (AvgIpc) is 2.76. The normalized spacial score (nSPS) is 11.9. The van der Waals surface area contributed by atoms with Crippen LogP contribution in [0.2, 0.25) is 0 Å². The summed E-state index contributed by atoms with van der Waals surface area (Å²) >= 11 is 0. The van der Waals surface area contributed by atoms with Crippen LogP contribution in [0.3, 0.4) is 0 Å². The Morgan fingerprint density at radius 2 is 1.53 bits per heavy atom. The summed E-state index contributed by atoms with van der Waals surface area (Å²) in [6, 6.07) is 15.2. The fourth-order valence-electron chi connectivity index (χ4n) is 2.95. The van der Waals surface area contributed by atoms with Crippen LogP contribution < -0.4 is 10.1 Å². The molecule has 0 aliphatic rings. The van der Waals surface area contributed by atoms with Crippen LogP contribution >= 0.6 is 0 Å². The van der Waals surface area contributed by atoms with E-state index in [-0.39, 0.29) is 0 Å². The Morgan fingerprint density at radius 1 is 0.906 bits per heavy atom. The van der Waals surface area contributed by atoms with Gasteiger partial charge in [0.25, 0.3) is 0 Å². The molecule has 0 spiro atoms. The number of rotatable bonds is 8. The molecule has 2 aromatic rings. The first-order valence-electron chi connectivity index (χ1n) is 10.1. The highest BCUT2D eigenvalue weighted by atomic mass is 16.6. The number of carbonyl (C=O) groups excluding carboxylic acids is 3. The second-order valence-electron chi connectivity index (χ2n) is 7.99. The molecule has 0 radical (unpaired) electrons. The third-order valence-electron chi connectivity index (χ3n) is 4.38. The molecule has 0 saturated heterocycles. The first-order chi connectivity index (χ1) is 15.1. The van der Waals surface area contributed by atoms with Gasteiger partial charge in [-0.2, -0.15) is 0 Å². The fourth-order valence-corrected chi connectivity index (χ4v) is 2.95. The van der Waals surface area contributed by atoms with E-state index in [0.29, 0.717) is 17.9 Å². The van der Waals surface area contributed by atoms with E-state index in [9.17, 15) is 14.4 Å². The lowest BCUT2D eigenvalue weighted by molar-refractivity contribution is -0.160. The van der Waals surface area contributed by atoms with Gasteiger partial charge in [-0.1, -0.05) is 42.5 Å². The Bertz CT molecular complexity index is 905. The van der Waals surface area contributed by atoms with Crippen LogP contribution in [0.15, 0.2) is 54.6 Å². The molecule has 0 bridgehead atoms. The molecule has 8 heteroatoms. The standard InChI is InChI=1S/C24H29NO7/c1-24(2,3)32-23(28)25-20(19(21(26)29-4)22(27)30-5)17-12-9-13-18(14-17)31-15-16-10-7-6-8-11-16/h6-14,19-20H,15H2,1-5H3,(H,25,28)/t20-/m1/s1. The summed E-state index contributed by atoms with van der Waals surface area (Å²) in [5, 5.41) is 2.60. The van der Waals surface area contributed by atoms with E-state index in [2.05, 4.69) is 5.32 Å². The highest BCUT2D eigenvalue weighted by Gasteiger charge is 2.40. The summed E-state index contributed by atoms with van der Waals surface area (Å²) in [6.07, 6.45) is -0.795. The molecule has 32 heavy (non-hydrogen) atoms. The van der Waals surface area contributed by atoms with Crippen molar-refractivity contribution in [3.63, 3.8) is 0 Å². The van der Waals surface area contributed by atoms with Gasteiger partial charge >= 0.3 is 18.0 Å². The van der Waals surface area contributed by atoms with Gasteiger partial charge < -0.3 is 24.3 Å². The Balaban J connectivity index is 2.36. The number of ether oxygens (including phenoxy) is 4. The summed E-state index contributed by atoms with van der Waals surface area (Å²) in [4.78, 5) is 37.4. The average molecular weight is 443 g/mol. The molecule has 1 N–H and O–H groups in total. The highest BCUT2D eigenvalue weighted by Crippen LogP contribution is 2.28. The van der Waals surface area contributed by atoms with Gasteiger partial charge in [-0.3, -0.25) is 9.59 Å². The van der Waals surface area contributed by atoms with Crippen molar-refractivity contribution in [1.29, 1.82) is 0 Å². The van der Waals surface area contributed by atoms with Crippen molar-refractivity contribution in [1.82, 2.24) is 5.32 Å². The van der Waals surface area contributed by atoms with Crippen LogP contribution in [-0.4, -0.2) is 37.9 Å². The maximum atomic E-state index is 12.5. The van der Waals surface area contributed by atoms with E-state index >= 15 is 0 Å². The molecule has 8 nitrogen and oxygen atoms in total. The molecule has 1 atom stereocenters. The lowest BCUT2D eigenvalue weighted by Crippen LogP contribution is -2.43. The van der Waals surface area contributed by atoms with E-state index < -0.39 is 35.6 Å². The summed E-state index contributed by atoms with van der Waals surface area (Å²) in [6.45, 7) is 5.44. The molecule has 2 rings (SSSR count). The number of amides is 1. The predicted molar refractivity (Wildman–Crippen MR) is 117 cm³/mol. The zero-order valence-corrected chi connectivity index (χ0v) is 18.9. The third-order valence-corrected chi connectivity index (χ3v) is 4.38. The minimum absolute atomic E-state index is 0.325. The lowest BCUT2D eigenvalue weighted by atomic mass is 9.92. The molecule has 172 valence electrons. The molecular formula is C24H29NO7. The van der Waals surface area contributed by atoms with Gasteiger partial charge in [0, 0.05) is 0 Å². The van der Waals surface area contributed by atoms with Gasteiger partial charge in [0.1, 0.15) is 18.0 Å². The molecular weight excluding hydrogens is 414 g/mol. The summed E-state index contributed by atoms with van der Waals surface area (Å²) in [5.74, 6) is -2.65. The van der Waals surface area contributed by atoms with Crippen molar-refractivity contribution in [3.05, 3.63) is 65.7 Å². The Labute approximate surface area is 187 Å². The van der Waals surface area contributed by atoms with Crippen LogP contribution in [0, 0.1) is 5.92 Å². The molecule has 0 saturated carbocycles. The number of alkyl carbamates (subject to hydrolysis) is 1. The van der Waals surface area contributed by atoms with Crippen molar-refractivity contribution in [2.24, 2.45) is 5.92 Å². The van der Waals surface area contributed by atoms with Gasteiger partial charge in [-0.05, 0) is 44.0 Å². The molecule has 0 fully saturated rings. The second kappa shape index (κ2) is 11.2. The lowest BCUT2D eigenvalue weighted by Gasteiger charge is -2.27. The number of carbonyl (C=O) groups is 3. The highest BCUT2D eigenvalue weighted by molar-refractivity contribution is 5.96. The monoisotopic (exact) mass is 443 g/mol. The van der Waals surface area contributed by atoms with Gasteiger partial charge in [0.15, 0.2) is 5.92 Å². The summed E-state index contributed by atoms with van der Waals surface area (Å²) in [7, 11) is 2.31. The van der Waals surface area contributed by atoms with Gasteiger partial charge in [-0.25, -0.2) is 4.79 Å². The van der Waals surface area contributed by atoms with Crippen LogP contribution in [0.5, 0.6) is 5.75 Å². The molecule has 0 aliphatic carbocycles. The number of methoxy groups -OCH3 is 2. The van der Waals surface area contributed by atoms with Crippen molar-refractivity contribution in [3.8, 4) is 5.75 Å². The number of hydrogen-bond acceptors (Lipinski definition) is 7. The van der Waals surface area contributed by atoms with E-state index in [1.54, 1.807) is 45.0 Å². The van der Waals surface area contributed by atoms with E-state index in [4.69, 9.17) is 18.9 Å². The van der Waals surface area contributed by atoms with Gasteiger partial charge in [0.2, 0.25) is 0 Å². The smallest absolute Gasteiger partial charge is 0.408 e. The number of hydrogen-bond donors (Lipinski definition) is 1. The minimum Gasteiger partial charge on any atom is -0.489 e. The maximum Gasteiger partial charge on any atom is 0.408 e. The van der Waals surface area contributed by atoms with Crippen molar-refractivity contribution in [2.45, 2.75) is 39.0 Å². The van der Waals surface area contributed by atoms with Crippen LogP contribution in [0.25, 0.3) is 0 Å². The van der Waals surface area contributed by atoms with Crippen molar-refractivity contribution >= 4 is 18.0 Å². The number of benzene rings is 2. The largest absolute Gasteiger partial charge is 0.489 e. The Hall–Kier alpha value is -3.55. The van der Waals surface area contributed by atoms with Gasteiger partial charge in [0.05, 0.1) is 20.3 Å². The molecule has 0 heterocycles. The van der Waals surface area contributed by atoms with Crippen molar-refractivity contribution < 1.29 is 33.3 Å². The molecule has 1 amide bonds. The third kappa shape index (κ3) is 7.30. The van der Waals surface area contributed by atoms with Crippen molar-refractivity contribution in [2.75, 3.05) is 14.2 Å². The zero-order valence-electron chi connectivity index (χ0n) is 18.9. The SMILES string of the molecule is COC(=O)C(C(=O)OC)[C@H](NC(=O)OC(C)(C)C)c1cccc(OCc2ccccc2)c1. The zero-order chi connectivity index (χ0) is 23.7. The number of esters is 2. The van der Waals surface area contributed by atoms with E-state index in [1.807, 2.05) is 30.3 Å². The fraction of sp³-hybridized carbons (Fsp3) is 0.375.